The third-order valence-electron chi connectivity index (χ3n) is 1.12. The molecule has 1 aromatic carbocycles. The number of hydrogen-bond acceptors (Lipinski definition) is 1. The fraction of sp³-hybridized carbons (Fsp3) is 0.250. The summed E-state index contributed by atoms with van der Waals surface area (Å²) < 4.78 is 29.0. The summed E-state index contributed by atoms with van der Waals surface area (Å²) in [5.41, 5.74) is 1.23. The summed E-state index contributed by atoms with van der Waals surface area (Å²) in [6.07, 6.45) is 0. The van der Waals surface area contributed by atoms with Crippen LogP contribution < -0.4 is 0 Å². The van der Waals surface area contributed by atoms with Crippen LogP contribution in [0.25, 0.3) is 0 Å². The van der Waals surface area contributed by atoms with Crippen molar-refractivity contribution in [3.05, 3.63) is 29.8 Å². The van der Waals surface area contributed by atoms with Crippen LogP contribution in [0.5, 0.6) is 0 Å². The van der Waals surface area contributed by atoms with E-state index in [1.54, 1.807) is 0 Å². The fourth-order valence-corrected chi connectivity index (χ4v) is 0.724. The van der Waals surface area contributed by atoms with Gasteiger partial charge in [0.1, 0.15) is 0 Å². The van der Waals surface area contributed by atoms with Crippen LogP contribution in [-0.4, -0.2) is 6.68 Å². The van der Waals surface area contributed by atoms with E-state index in [9.17, 15) is 13.2 Å². The van der Waals surface area contributed by atoms with Gasteiger partial charge < -0.3 is 0 Å². The Kier molecular flexibility index (Phi) is 5.62. The maximum atomic E-state index is 9.67. The molecule has 0 saturated heterocycles. The molecule has 0 nitrogen and oxygen atoms in total. The lowest BCUT2D eigenvalue weighted by Crippen LogP contribution is -1.70. The molecule has 0 aliphatic carbocycles. The van der Waals surface area contributed by atoms with Crippen LogP contribution in [0.2, 0.25) is 0 Å². The lowest BCUT2D eigenvalue weighted by atomic mass is 10.2. The summed E-state index contributed by atoms with van der Waals surface area (Å²) in [7, 11) is 0. The minimum atomic E-state index is -3.67. The van der Waals surface area contributed by atoms with Gasteiger partial charge in [-0.2, -0.15) is 13.2 Å². The van der Waals surface area contributed by atoms with Crippen molar-refractivity contribution in [2.45, 2.75) is 18.5 Å². The minimum Gasteiger partial charge on any atom is -0.174 e. The van der Waals surface area contributed by atoms with E-state index < -0.39 is 6.68 Å². The highest BCUT2D eigenvalue weighted by Gasteiger charge is 1.86. The van der Waals surface area contributed by atoms with Crippen molar-refractivity contribution in [1.82, 2.24) is 0 Å². The average molecular weight is 194 g/mol. The molecule has 4 heteroatoms. The predicted octanol–water partition coefficient (Wildman–Crippen LogP) is 3.46. The van der Waals surface area contributed by atoms with Gasteiger partial charge in [0.2, 0.25) is 0 Å². The van der Waals surface area contributed by atoms with Crippen LogP contribution >= 0.6 is 12.6 Å². The minimum absolute atomic E-state index is 1.06. The Morgan fingerprint density at radius 2 is 1.58 bits per heavy atom. The SMILES string of the molecule is Cc1ccccc1S.FC(F)F. The number of benzene rings is 1. The van der Waals surface area contributed by atoms with Crippen molar-refractivity contribution < 1.29 is 13.2 Å². The van der Waals surface area contributed by atoms with Gasteiger partial charge in [-0.25, -0.2) is 0 Å². The molecule has 0 unspecified atom stereocenters. The van der Waals surface area contributed by atoms with Crippen LogP contribution in [0.1, 0.15) is 5.56 Å². The smallest absolute Gasteiger partial charge is 0.174 e. The Morgan fingerprint density at radius 1 is 1.17 bits per heavy atom. The average Bonchev–Trinajstić information content (AvgIpc) is 1.94. The van der Waals surface area contributed by atoms with Gasteiger partial charge in [0.15, 0.2) is 0 Å². The van der Waals surface area contributed by atoms with Gasteiger partial charge in [0.05, 0.1) is 0 Å². The number of thiol groups is 1. The largest absolute Gasteiger partial charge is 0.379 e. The first-order chi connectivity index (χ1) is 5.54. The van der Waals surface area contributed by atoms with Gasteiger partial charge in [-0.05, 0) is 18.6 Å². The molecule has 0 bridgehead atoms. The second-order valence-corrected chi connectivity index (χ2v) is 2.52. The molecule has 0 aromatic heterocycles. The van der Waals surface area contributed by atoms with E-state index in [0.717, 1.165) is 4.90 Å². The van der Waals surface area contributed by atoms with E-state index in [0.29, 0.717) is 0 Å². The third-order valence-corrected chi connectivity index (χ3v) is 1.62. The zero-order valence-corrected chi connectivity index (χ0v) is 7.36. The van der Waals surface area contributed by atoms with E-state index in [1.807, 2.05) is 31.2 Å². The van der Waals surface area contributed by atoms with E-state index in [2.05, 4.69) is 12.6 Å². The molecule has 0 atom stereocenters. The zero-order valence-electron chi connectivity index (χ0n) is 6.47. The van der Waals surface area contributed by atoms with Gasteiger partial charge in [-0.3, -0.25) is 0 Å². The molecular formula is C8H9F3S. The summed E-state index contributed by atoms with van der Waals surface area (Å²) in [4.78, 5) is 1.06. The maximum absolute atomic E-state index is 9.67. The molecule has 0 heterocycles. The van der Waals surface area contributed by atoms with Gasteiger partial charge in [0, 0.05) is 4.90 Å². The molecule has 0 saturated carbocycles. The van der Waals surface area contributed by atoms with E-state index >= 15 is 0 Å². The van der Waals surface area contributed by atoms with E-state index in [1.165, 1.54) is 5.56 Å². The molecule has 0 spiro atoms. The molecule has 0 amide bonds. The third kappa shape index (κ3) is 6.09. The van der Waals surface area contributed by atoms with Crippen molar-refractivity contribution in [3.8, 4) is 0 Å². The van der Waals surface area contributed by atoms with Crippen LogP contribution in [0.3, 0.4) is 0 Å². The molecule has 0 aliphatic heterocycles. The lowest BCUT2D eigenvalue weighted by molar-refractivity contribution is 0.00819. The number of halogens is 3. The monoisotopic (exact) mass is 194 g/mol. The van der Waals surface area contributed by atoms with Gasteiger partial charge >= 0.3 is 6.68 Å². The second kappa shape index (κ2) is 5.94. The van der Waals surface area contributed by atoms with Crippen LogP contribution in [0.15, 0.2) is 29.2 Å². The van der Waals surface area contributed by atoms with Crippen molar-refractivity contribution in [3.63, 3.8) is 0 Å². The second-order valence-electron chi connectivity index (χ2n) is 2.03. The molecule has 0 radical (unpaired) electrons. The number of hydrogen-bond donors (Lipinski definition) is 1. The van der Waals surface area contributed by atoms with Crippen LogP contribution in [-0.2, 0) is 0 Å². The first-order valence-electron chi connectivity index (χ1n) is 3.21. The van der Waals surface area contributed by atoms with Crippen molar-refractivity contribution in [2.24, 2.45) is 0 Å². The number of aryl methyl sites for hydroxylation is 1. The normalized spacial score (nSPS) is 9.17. The summed E-state index contributed by atoms with van der Waals surface area (Å²) >= 11 is 4.20. The Labute approximate surface area is 74.8 Å². The predicted molar refractivity (Wildman–Crippen MR) is 45.5 cm³/mol. The van der Waals surface area contributed by atoms with Crippen LogP contribution in [0.4, 0.5) is 13.2 Å². The molecule has 12 heavy (non-hydrogen) atoms. The molecule has 0 N–H and O–H groups in total. The molecule has 0 fully saturated rings. The Morgan fingerprint density at radius 3 is 1.83 bits per heavy atom. The topological polar surface area (TPSA) is 0 Å². The zero-order chi connectivity index (χ0) is 9.56. The maximum Gasteiger partial charge on any atom is 0.379 e. The van der Waals surface area contributed by atoms with Gasteiger partial charge in [-0.15, -0.1) is 12.6 Å². The summed E-state index contributed by atoms with van der Waals surface area (Å²) in [6, 6.07) is 8.02. The molecule has 68 valence electrons. The summed E-state index contributed by atoms with van der Waals surface area (Å²) in [5.74, 6) is 0. The molecule has 1 aromatic rings. The molecule has 0 aliphatic rings. The number of rotatable bonds is 0. The molecular weight excluding hydrogens is 185 g/mol. The van der Waals surface area contributed by atoms with Crippen molar-refractivity contribution in [1.29, 1.82) is 0 Å². The number of alkyl halides is 3. The standard InChI is InChI=1S/C7H8S.CHF3/c1-6-4-2-3-5-7(6)8;2-1(3)4/h2-5,8H,1H3;1H. The van der Waals surface area contributed by atoms with Gasteiger partial charge in [0.25, 0.3) is 0 Å². The highest BCUT2D eigenvalue weighted by Crippen LogP contribution is 2.09. The van der Waals surface area contributed by atoms with Crippen molar-refractivity contribution in [2.75, 3.05) is 0 Å². The first-order valence-corrected chi connectivity index (χ1v) is 3.65. The van der Waals surface area contributed by atoms with Gasteiger partial charge in [-0.1, -0.05) is 18.2 Å². The summed E-state index contributed by atoms with van der Waals surface area (Å²) in [5, 5.41) is 0. The van der Waals surface area contributed by atoms with E-state index in [4.69, 9.17) is 0 Å². The quantitative estimate of drug-likeness (QED) is 0.601. The highest BCUT2D eigenvalue weighted by atomic mass is 32.1. The van der Waals surface area contributed by atoms with E-state index in [-0.39, 0.29) is 0 Å². The fourth-order valence-electron chi connectivity index (χ4n) is 0.563. The Balaban J connectivity index is 0.000000261. The Hall–Kier alpha value is -0.640. The highest BCUT2D eigenvalue weighted by molar-refractivity contribution is 7.80. The first kappa shape index (κ1) is 11.4. The Bertz CT molecular complexity index is 202. The lowest BCUT2D eigenvalue weighted by Gasteiger charge is -1.92. The summed E-state index contributed by atoms with van der Waals surface area (Å²) in [6.45, 7) is -1.62. The van der Waals surface area contributed by atoms with Crippen LogP contribution in [0, 0.1) is 6.92 Å². The van der Waals surface area contributed by atoms with Crippen molar-refractivity contribution >= 4 is 12.6 Å². The molecule has 1 rings (SSSR count).